The van der Waals surface area contributed by atoms with Gasteiger partial charge in [0.1, 0.15) is 6.10 Å². The smallest absolute Gasteiger partial charge is 0.335 e. The van der Waals surface area contributed by atoms with Gasteiger partial charge >= 0.3 is 5.97 Å². The summed E-state index contributed by atoms with van der Waals surface area (Å²) in [5.74, 6) is -0.486. The molecule has 1 aromatic carbocycles. The molecule has 0 amide bonds. The van der Waals surface area contributed by atoms with Gasteiger partial charge in [0.15, 0.2) is 6.10 Å². The van der Waals surface area contributed by atoms with Crippen LogP contribution in [-0.2, 0) is 16.0 Å². The van der Waals surface area contributed by atoms with Gasteiger partial charge in [-0.15, -0.1) is 0 Å². The maximum Gasteiger partial charge on any atom is 0.335 e. The van der Waals surface area contributed by atoms with Crippen LogP contribution in [0.1, 0.15) is 31.2 Å². The molecule has 20 heavy (non-hydrogen) atoms. The van der Waals surface area contributed by atoms with Crippen molar-refractivity contribution in [1.82, 2.24) is 5.32 Å². The summed E-state index contributed by atoms with van der Waals surface area (Å²) in [5.41, 5.74) is 0.947. The summed E-state index contributed by atoms with van der Waals surface area (Å²) in [6.45, 7) is 0. The maximum absolute atomic E-state index is 12.0. The van der Waals surface area contributed by atoms with Gasteiger partial charge in [-0.1, -0.05) is 30.3 Å². The van der Waals surface area contributed by atoms with Gasteiger partial charge in [-0.05, 0) is 31.2 Å². The minimum atomic E-state index is -1.06. The molecule has 2 N–H and O–H groups in total. The van der Waals surface area contributed by atoms with Crippen molar-refractivity contribution in [1.29, 1.82) is 0 Å². The molecule has 4 heteroatoms. The molecule has 4 atom stereocenters. The number of nitrogens with one attached hydrogen (secondary N) is 1. The molecule has 1 unspecified atom stereocenters. The molecule has 0 aliphatic carbocycles. The van der Waals surface area contributed by atoms with Crippen molar-refractivity contribution < 1.29 is 14.6 Å². The number of esters is 1. The predicted molar refractivity (Wildman–Crippen MR) is 75.2 cm³/mol. The van der Waals surface area contributed by atoms with E-state index in [1.54, 1.807) is 0 Å². The Kier molecular flexibility index (Phi) is 4.03. The summed E-state index contributed by atoms with van der Waals surface area (Å²) in [7, 11) is 0. The van der Waals surface area contributed by atoms with E-state index in [4.69, 9.17) is 4.74 Å². The number of benzene rings is 1. The van der Waals surface area contributed by atoms with Crippen LogP contribution >= 0.6 is 0 Å². The molecule has 0 spiro atoms. The molecule has 2 aliphatic heterocycles. The van der Waals surface area contributed by atoms with E-state index >= 15 is 0 Å². The number of fused-ring (bicyclic) bond motifs is 2. The van der Waals surface area contributed by atoms with Crippen LogP contribution < -0.4 is 5.32 Å². The zero-order chi connectivity index (χ0) is 13.9. The summed E-state index contributed by atoms with van der Waals surface area (Å²) >= 11 is 0. The standard InChI is InChI=1S/C16H21NO3/c18-15(8-11-4-2-1-3-5-11)16(19)20-14-9-12-6-7-13(10-14)17-12/h1-5,12-15,17-18H,6-10H2/t12-,13+,14?,15-/m1/s1. The van der Waals surface area contributed by atoms with Crippen LogP contribution in [0.2, 0.25) is 0 Å². The zero-order valence-corrected chi connectivity index (χ0v) is 11.5. The normalized spacial score (nSPS) is 29.9. The van der Waals surface area contributed by atoms with Gasteiger partial charge in [0.05, 0.1) is 0 Å². The Morgan fingerprint density at radius 3 is 2.55 bits per heavy atom. The fourth-order valence-electron chi connectivity index (χ4n) is 3.26. The highest BCUT2D eigenvalue weighted by molar-refractivity contribution is 5.75. The summed E-state index contributed by atoms with van der Waals surface area (Å²) in [4.78, 5) is 12.0. The van der Waals surface area contributed by atoms with Crippen molar-refractivity contribution in [2.75, 3.05) is 0 Å². The highest BCUT2D eigenvalue weighted by atomic mass is 16.6. The number of ether oxygens (including phenoxy) is 1. The number of aliphatic hydroxyl groups is 1. The number of aliphatic hydroxyl groups excluding tert-OH is 1. The van der Waals surface area contributed by atoms with Gasteiger partial charge < -0.3 is 15.2 Å². The van der Waals surface area contributed by atoms with Crippen LogP contribution in [0.15, 0.2) is 30.3 Å². The molecule has 2 aliphatic rings. The van der Waals surface area contributed by atoms with Crippen LogP contribution in [0.25, 0.3) is 0 Å². The third kappa shape index (κ3) is 3.19. The van der Waals surface area contributed by atoms with Crippen LogP contribution in [0, 0.1) is 0 Å². The van der Waals surface area contributed by atoms with E-state index in [0.717, 1.165) is 18.4 Å². The number of rotatable bonds is 4. The van der Waals surface area contributed by atoms with Crippen LogP contribution in [0.5, 0.6) is 0 Å². The molecule has 2 heterocycles. The summed E-state index contributed by atoms with van der Waals surface area (Å²) in [5, 5.41) is 13.5. The lowest BCUT2D eigenvalue weighted by Crippen LogP contribution is -2.43. The van der Waals surface area contributed by atoms with Crippen LogP contribution in [0.3, 0.4) is 0 Å². The first-order valence-corrected chi connectivity index (χ1v) is 7.39. The fourth-order valence-corrected chi connectivity index (χ4v) is 3.26. The molecule has 1 aromatic rings. The summed E-state index contributed by atoms with van der Waals surface area (Å²) in [6, 6.07) is 10.5. The molecule has 2 saturated heterocycles. The van der Waals surface area contributed by atoms with Gasteiger partial charge in [-0.25, -0.2) is 4.79 Å². The Bertz CT molecular complexity index is 450. The van der Waals surface area contributed by atoms with Crippen molar-refractivity contribution in [3.63, 3.8) is 0 Å². The second kappa shape index (κ2) is 5.94. The summed E-state index contributed by atoms with van der Waals surface area (Å²) in [6.07, 6.45) is 3.31. The van der Waals surface area contributed by atoms with Crippen LogP contribution in [-0.4, -0.2) is 35.4 Å². The van der Waals surface area contributed by atoms with E-state index in [9.17, 15) is 9.90 Å². The van der Waals surface area contributed by atoms with Gasteiger partial charge in [0.25, 0.3) is 0 Å². The zero-order valence-electron chi connectivity index (χ0n) is 11.5. The average molecular weight is 275 g/mol. The van der Waals surface area contributed by atoms with E-state index in [0.29, 0.717) is 18.5 Å². The third-order valence-corrected chi connectivity index (χ3v) is 4.26. The highest BCUT2D eigenvalue weighted by Gasteiger charge is 2.35. The lowest BCUT2D eigenvalue weighted by Gasteiger charge is -2.29. The van der Waals surface area contributed by atoms with E-state index in [-0.39, 0.29) is 6.10 Å². The van der Waals surface area contributed by atoms with Gasteiger partial charge in [-0.2, -0.15) is 0 Å². The molecule has 108 valence electrons. The predicted octanol–water partition coefficient (Wildman–Crippen LogP) is 1.42. The second-order valence-corrected chi connectivity index (χ2v) is 5.87. The Morgan fingerprint density at radius 2 is 1.90 bits per heavy atom. The Hall–Kier alpha value is -1.39. The molecule has 2 bridgehead atoms. The minimum Gasteiger partial charge on any atom is -0.460 e. The number of piperidine rings is 1. The number of carbonyl (C=O) groups is 1. The Labute approximate surface area is 119 Å². The summed E-state index contributed by atoms with van der Waals surface area (Å²) < 4.78 is 5.48. The topological polar surface area (TPSA) is 58.6 Å². The molecular formula is C16H21NO3. The molecule has 4 nitrogen and oxygen atoms in total. The van der Waals surface area contributed by atoms with Crippen molar-refractivity contribution in [2.24, 2.45) is 0 Å². The fraction of sp³-hybridized carbons (Fsp3) is 0.562. The third-order valence-electron chi connectivity index (χ3n) is 4.26. The van der Waals surface area contributed by atoms with E-state index in [1.807, 2.05) is 30.3 Å². The van der Waals surface area contributed by atoms with Gasteiger partial charge in [-0.3, -0.25) is 0 Å². The monoisotopic (exact) mass is 275 g/mol. The number of carbonyl (C=O) groups excluding carboxylic acids is 1. The number of hydrogen-bond donors (Lipinski definition) is 2. The second-order valence-electron chi connectivity index (χ2n) is 5.87. The first kappa shape index (κ1) is 13.6. The van der Waals surface area contributed by atoms with Gasteiger partial charge in [0.2, 0.25) is 0 Å². The van der Waals surface area contributed by atoms with E-state index in [1.165, 1.54) is 12.8 Å². The largest absolute Gasteiger partial charge is 0.460 e. The first-order valence-electron chi connectivity index (χ1n) is 7.39. The Balaban J connectivity index is 1.51. The molecule has 0 radical (unpaired) electrons. The lowest BCUT2D eigenvalue weighted by molar-refractivity contribution is -0.160. The minimum absolute atomic E-state index is 0.0355. The molecular weight excluding hydrogens is 254 g/mol. The highest BCUT2D eigenvalue weighted by Crippen LogP contribution is 2.28. The molecule has 0 saturated carbocycles. The van der Waals surface area contributed by atoms with Gasteiger partial charge in [0, 0.05) is 18.5 Å². The molecule has 0 aromatic heterocycles. The molecule has 3 rings (SSSR count). The van der Waals surface area contributed by atoms with Crippen LogP contribution in [0.4, 0.5) is 0 Å². The van der Waals surface area contributed by atoms with Crippen molar-refractivity contribution in [2.45, 2.75) is 56.4 Å². The average Bonchev–Trinajstić information content (AvgIpc) is 2.79. The van der Waals surface area contributed by atoms with Crippen molar-refractivity contribution in [3.05, 3.63) is 35.9 Å². The van der Waals surface area contributed by atoms with Crippen molar-refractivity contribution >= 4 is 5.97 Å². The maximum atomic E-state index is 12.0. The lowest BCUT2D eigenvalue weighted by atomic mass is 10.0. The van der Waals surface area contributed by atoms with E-state index < -0.39 is 12.1 Å². The number of hydrogen-bond acceptors (Lipinski definition) is 4. The SMILES string of the molecule is O=C(OC1C[C@H]2CC[C@@H](C1)N2)[C@H](O)Cc1ccccc1. The quantitative estimate of drug-likeness (QED) is 0.816. The Morgan fingerprint density at radius 1 is 1.25 bits per heavy atom. The van der Waals surface area contributed by atoms with E-state index in [2.05, 4.69) is 5.32 Å². The molecule has 2 fully saturated rings. The van der Waals surface area contributed by atoms with Crippen molar-refractivity contribution in [3.8, 4) is 0 Å². The first-order chi connectivity index (χ1) is 9.70.